The van der Waals surface area contributed by atoms with E-state index in [1.54, 1.807) is 6.07 Å². The number of carbonyl (C=O) groups excluding carboxylic acids is 1. The Labute approximate surface area is 236 Å². The van der Waals surface area contributed by atoms with Gasteiger partial charge in [0.2, 0.25) is 0 Å². The zero-order chi connectivity index (χ0) is 27.4. The first-order chi connectivity index (χ1) is 17.1. The third-order valence-corrected chi connectivity index (χ3v) is 5.88. The average Bonchev–Trinajstić information content (AvgIpc) is 3.28. The maximum Gasteiger partial charge on any atom is 1.00 e. The van der Waals surface area contributed by atoms with Crippen LogP contribution in [0.1, 0.15) is 39.0 Å². The predicted molar refractivity (Wildman–Crippen MR) is 114 cm³/mol. The molecule has 0 fully saturated rings. The van der Waals surface area contributed by atoms with Crippen molar-refractivity contribution < 1.29 is 88.9 Å². The smallest absolute Gasteiger partial charge is 0.870 e. The molecule has 39 heavy (non-hydrogen) atoms. The third kappa shape index (κ3) is 5.88. The number of methoxy groups -OCH3 is 1. The van der Waals surface area contributed by atoms with Crippen molar-refractivity contribution in [1.29, 1.82) is 0 Å². The van der Waals surface area contributed by atoms with Gasteiger partial charge in [0.15, 0.2) is 0 Å². The number of nitrogens with zero attached hydrogens (tertiary/aromatic N) is 1. The van der Waals surface area contributed by atoms with Crippen molar-refractivity contribution in [2.24, 2.45) is 5.16 Å². The molecule has 0 saturated heterocycles. The Bertz CT molecular complexity index is 1390. The van der Waals surface area contributed by atoms with E-state index in [2.05, 4.69) is 9.99 Å². The molecule has 0 bridgehead atoms. The number of alkyl halides is 9. The molecule has 0 aliphatic carbocycles. The quantitative estimate of drug-likeness (QED) is 0.268. The van der Waals surface area contributed by atoms with Gasteiger partial charge in [0.1, 0.15) is 0 Å². The zero-order valence-corrected chi connectivity index (χ0v) is 21.9. The summed E-state index contributed by atoms with van der Waals surface area (Å²) in [4.78, 5) is 16.8. The second-order valence-electron chi connectivity index (χ2n) is 8.12. The van der Waals surface area contributed by atoms with Gasteiger partial charge in [0, 0.05) is 17.5 Å². The molecule has 1 atom stereocenters. The number of hydrogen-bond donors (Lipinski definition) is 0. The topological polar surface area (TPSA) is 77.9 Å². The summed E-state index contributed by atoms with van der Waals surface area (Å²) in [6, 6.07) is 8.18. The Morgan fingerprint density at radius 3 is 1.90 bits per heavy atom. The fourth-order valence-corrected chi connectivity index (χ4v) is 4.07. The van der Waals surface area contributed by atoms with Crippen LogP contribution in [0.3, 0.4) is 0 Å². The van der Waals surface area contributed by atoms with Gasteiger partial charge in [-0.25, -0.2) is 4.79 Å². The van der Waals surface area contributed by atoms with Crippen LogP contribution in [0.4, 0.5) is 39.5 Å². The molecule has 0 saturated carbocycles. The predicted octanol–water partition coefficient (Wildman–Crippen LogP) is 4.07. The molecule has 1 unspecified atom stereocenters. The normalized spacial score (nSPS) is 17.5. The molecule has 204 valence electrons. The summed E-state index contributed by atoms with van der Waals surface area (Å²) < 4.78 is 128. The first-order valence-electron chi connectivity index (χ1n) is 10.3. The monoisotopic (exact) mass is 575 g/mol. The minimum absolute atomic E-state index is 0. The van der Waals surface area contributed by atoms with Crippen LogP contribution in [0.25, 0.3) is 10.8 Å². The van der Waals surface area contributed by atoms with E-state index >= 15 is 0 Å². The number of rotatable bonds is 3. The Hall–Kier alpha value is -2.81. The maximum atomic E-state index is 14.4. The zero-order valence-electron chi connectivity index (χ0n) is 19.9. The van der Waals surface area contributed by atoms with Gasteiger partial charge in [-0.05, 0) is 35.0 Å². The first-order valence-corrected chi connectivity index (χ1v) is 10.3. The molecule has 3 aromatic carbocycles. The molecular formula is C24H15F9NNaO4. The van der Waals surface area contributed by atoms with Crippen LogP contribution in [0.2, 0.25) is 0 Å². The van der Waals surface area contributed by atoms with E-state index in [9.17, 15) is 44.3 Å². The van der Waals surface area contributed by atoms with Crippen LogP contribution in [-0.2, 0) is 27.5 Å². The molecular weight excluding hydrogens is 560 g/mol. The van der Waals surface area contributed by atoms with Gasteiger partial charge in [-0.15, -0.1) is 0 Å². The third-order valence-electron chi connectivity index (χ3n) is 5.88. The molecule has 3 aromatic rings. The number of fused-ring (bicyclic) bond motifs is 1. The van der Waals surface area contributed by atoms with E-state index in [-0.39, 0.29) is 75.1 Å². The van der Waals surface area contributed by atoms with E-state index < -0.39 is 58.9 Å². The van der Waals surface area contributed by atoms with Gasteiger partial charge < -0.3 is 15.1 Å². The molecule has 0 amide bonds. The fourth-order valence-electron chi connectivity index (χ4n) is 4.07. The van der Waals surface area contributed by atoms with Gasteiger partial charge in [0.05, 0.1) is 29.5 Å². The van der Waals surface area contributed by atoms with Gasteiger partial charge >= 0.3 is 54.1 Å². The van der Waals surface area contributed by atoms with Gasteiger partial charge in [-0.1, -0.05) is 35.5 Å². The number of benzene rings is 3. The number of carbonyl (C=O) groups is 1. The molecule has 0 aromatic heterocycles. The molecule has 1 aliphatic heterocycles. The molecule has 15 heteroatoms. The first kappa shape index (κ1) is 32.4. The molecule has 1 N–H and O–H groups in total. The number of ether oxygens (including phenoxy) is 1. The van der Waals surface area contributed by atoms with Crippen molar-refractivity contribution in [1.82, 2.24) is 0 Å². The second-order valence-corrected chi connectivity index (χ2v) is 8.12. The Kier molecular flexibility index (Phi) is 9.13. The summed E-state index contributed by atoms with van der Waals surface area (Å²) in [6.45, 7) is 0. The van der Waals surface area contributed by atoms with E-state index in [1.165, 1.54) is 30.3 Å². The van der Waals surface area contributed by atoms with Crippen molar-refractivity contribution in [3.05, 3.63) is 82.4 Å². The van der Waals surface area contributed by atoms with Crippen LogP contribution >= 0.6 is 0 Å². The maximum absolute atomic E-state index is 14.4. The molecule has 1 heterocycles. The SMILES string of the molecule is COC(=O)c1ccc(C2=NOC(c3cc(C(F)(F)F)cc(C(F)(F)F)c3)(C(F)(F)F)C2)c2ccccc12.[Na+].[OH-]. The number of esters is 1. The Morgan fingerprint density at radius 1 is 0.872 bits per heavy atom. The van der Waals surface area contributed by atoms with Gasteiger partial charge in [-0.2, -0.15) is 39.5 Å². The van der Waals surface area contributed by atoms with Crippen molar-refractivity contribution >= 4 is 22.5 Å². The minimum Gasteiger partial charge on any atom is -0.870 e. The van der Waals surface area contributed by atoms with E-state index in [0.29, 0.717) is 0 Å². The van der Waals surface area contributed by atoms with Crippen molar-refractivity contribution in [3.8, 4) is 0 Å². The molecule has 5 nitrogen and oxygen atoms in total. The van der Waals surface area contributed by atoms with E-state index in [4.69, 9.17) is 4.74 Å². The number of oxime groups is 1. The average molecular weight is 575 g/mol. The summed E-state index contributed by atoms with van der Waals surface area (Å²) in [6.07, 6.45) is -17.4. The Morgan fingerprint density at radius 2 is 1.41 bits per heavy atom. The van der Waals surface area contributed by atoms with E-state index in [1.807, 2.05) is 0 Å². The molecule has 4 rings (SSSR count). The van der Waals surface area contributed by atoms with Gasteiger partial charge in [-0.3, -0.25) is 0 Å². The van der Waals surface area contributed by atoms with Crippen LogP contribution in [-0.4, -0.2) is 30.4 Å². The summed E-state index contributed by atoms with van der Waals surface area (Å²) in [5.41, 5.74) is -9.16. The summed E-state index contributed by atoms with van der Waals surface area (Å²) >= 11 is 0. The summed E-state index contributed by atoms with van der Waals surface area (Å²) in [7, 11) is 1.13. The van der Waals surface area contributed by atoms with Gasteiger partial charge in [0.25, 0.3) is 5.60 Å². The van der Waals surface area contributed by atoms with Crippen LogP contribution in [0, 0.1) is 0 Å². The van der Waals surface area contributed by atoms with E-state index in [0.717, 1.165) is 7.11 Å². The van der Waals surface area contributed by atoms with Crippen LogP contribution in [0.5, 0.6) is 0 Å². The van der Waals surface area contributed by atoms with Crippen molar-refractivity contribution in [3.63, 3.8) is 0 Å². The van der Waals surface area contributed by atoms with Crippen molar-refractivity contribution in [2.75, 3.05) is 7.11 Å². The van der Waals surface area contributed by atoms with Crippen LogP contribution in [0.15, 0.2) is 59.8 Å². The molecule has 1 aliphatic rings. The molecule has 0 radical (unpaired) electrons. The van der Waals surface area contributed by atoms with Crippen LogP contribution < -0.4 is 29.6 Å². The second kappa shape index (κ2) is 11.0. The fraction of sp³-hybridized carbons (Fsp3) is 0.250. The number of hydrogen-bond acceptors (Lipinski definition) is 5. The summed E-state index contributed by atoms with van der Waals surface area (Å²) in [5, 5.41) is 3.97. The van der Waals surface area contributed by atoms with Crippen molar-refractivity contribution in [2.45, 2.75) is 30.6 Å². The summed E-state index contributed by atoms with van der Waals surface area (Å²) in [5.74, 6) is -0.736. The standard InChI is InChI=1S/C24H14F9NO3.Na.H2O/c1-36-20(35)18-7-6-17(15-4-2-3-5-16(15)18)19-11-21(37-34-19,24(31,32)33)12-8-13(22(25,26)27)10-14(9-12)23(28,29)30;;/h2-10H,11H2,1H3;;1H2/q;+1;/p-1. The molecule has 0 spiro atoms. The number of halogens is 9. The Balaban J connectivity index is 0.00000267. The minimum atomic E-state index is -5.47. The largest absolute Gasteiger partial charge is 1.00 e.